The van der Waals surface area contributed by atoms with E-state index >= 15 is 0 Å². The Hall–Kier alpha value is -2.90. The van der Waals surface area contributed by atoms with Gasteiger partial charge in [-0.25, -0.2) is 0 Å². The monoisotopic (exact) mass is 395 g/mol. The number of aromatic nitrogens is 1. The Morgan fingerprint density at radius 1 is 0.667 bits per heavy atom. The first-order valence-electron chi connectivity index (χ1n) is 8.43. The van der Waals surface area contributed by atoms with Crippen molar-refractivity contribution in [2.24, 2.45) is 0 Å². The molecular weight excluding hydrogens is 374 g/mol. The molecule has 0 saturated carbocycles. The summed E-state index contributed by atoms with van der Waals surface area (Å²) < 4.78 is 0. The summed E-state index contributed by atoms with van der Waals surface area (Å²) in [5.41, 5.74) is 8.45. The van der Waals surface area contributed by atoms with Gasteiger partial charge in [-0.15, -0.1) is 0 Å². The van der Waals surface area contributed by atoms with E-state index in [0.29, 0.717) is 9.98 Å². The highest BCUT2D eigenvalue weighted by Gasteiger charge is 2.10. The minimum atomic E-state index is 0.710. The van der Waals surface area contributed by atoms with Crippen molar-refractivity contribution >= 4 is 46.0 Å². The van der Waals surface area contributed by atoms with E-state index in [-0.39, 0.29) is 0 Å². The van der Waals surface area contributed by atoms with Crippen LogP contribution in [0.15, 0.2) is 72.8 Å². The summed E-state index contributed by atoms with van der Waals surface area (Å²) in [4.78, 5) is 4.68. The SMILES string of the molecule is CN(Nc1ccc(NN(C)C(=S)c2ccccc2)[nH]1)C(=S)c1ccccc1. The first-order valence-corrected chi connectivity index (χ1v) is 9.25. The number of benzene rings is 2. The van der Waals surface area contributed by atoms with Gasteiger partial charge in [0.05, 0.1) is 0 Å². The molecule has 5 nitrogen and oxygen atoms in total. The maximum Gasteiger partial charge on any atom is 0.127 e. The molecule has 0 saturated heterocycles. The van der Waals surface area contributed by atoms with Crippen molar-refractivity contribution < 1.29 is 0 Å². The van der Waals surface area contributed by atoms with Crippen LogP contribution in [0.3, 0.4) is 0 Å². The van der Waals surface area contributed by atoms with Crippen LogP contribution in [0, 0.1) is 0 Å². The fraction of sp³-hybridized carbons (Fsp3) is 0.100. The third-order valence-electron chi connectivity index (χ3n) is 3.91. The van der Waals surface area contributed by atoms with E-state index in [1.165, 1.54) is 0 Å². The van der Waals surface area contributed by atoms with Gasteiger partial charge in [0.2, 0.25) is 0 Å². The quantitative estimate of drug-likeness (QED) is 0.428. The summed E-state index contributed by atoms with van der Waals surface area (Å²) in [6, 6.07) is 23.6. The number of hydrogen-bond donors (Lipinski definition) is 3. The van der Waals surface area contributed by atoms with Gasteiger partial charge >= 0.3 is 0 Å². The molecule has 3 N–H and O–H groups in total. The van der Waals surface area contributed by atoms with E-state index in [1.54, 1.807) is 10.0 Å². The van der Waals surface area contributed by atoms with Gasteiger partial charge in [-0.2, -0.15) is 0 Å². The van der Waals surface area contributed by atoms with Crippen molar-refractivity contribution in [1.82, 2.24) is 15.0 Å². The largest absolute Gasteiger partial charge is 0.326 e. The Morgan fingerprint density at radius 3 is 1.41 bits per heavy atom. The molecule has 7 heteroatoms. The lowest BCUT2D eigenvalue weighted by molar-refractivity contribution is 0.611. The van der Waals surface area contributed by atoms with E-state index in [0.717, 1.165) is 22.8 Å². The van der Waals surface area contributed by atoms with Crippen molar-refractivity contribution in [2.75, 3.05) is 24.9 Å². The summed E-state index contributed by atoms with van der Waals surface area (Å²) in [7, 11) is 3.78. The Morgan fingerprint density at radius 2 is 1.04 bits per heavy atom. The fourth-order valence-electron chi connectivity index (χ4n) is 2.54. The van der Waals surface area contributed by atoms with Gasteiger partial charge < -0.3 is 4.98 Å². The molecule has 1 heterocycles. The molecule has 0 atom stereocenters. The average Bonchev–Trinajstić information content (AvgIpc) is 3.14. The van der Waals surface area contributed by atoms with Gasteiger partial charge in [0, 0.05) is 25.2 Å². The maximum absolute atomic E-state index is 5.52. The Kier molecular flexibility index (Phi) is 6.05. The van der Waals surface area contributed by atoms with E-state index in [4.69, 9.17) is 24.4 Å². The Bertz CT molecular complexity index is 834. The third kappa shape index (κ3) is 4.84. The molecule has 0 spiro atoms. The smallest absolute Gasteiger partial charge is 0.127 e. The van der Waals surface area contributed by atoms with E-state index in [1.807, 2.05) is 86.9 Å². The van der Waals surface area contributed by atoms with Crippen molar-refractivity contribution in [2.45, 2.75) is 0 Å². The van der Waals surface area contributed by atoms with Crippen LogP contribution in [0.4, 0.5) is 11.6 Å². The maximum atomic E-state index is 5.52. The summed E-state index contributed by atoms with van der Waals surface area (Å²) >= 11 is 11.0. The normalized spacial score (nSPS) is 10.1. The summed E-state index contributed by atoms with van der Waals surface area (Å²) in [6.45, 7) is 0. The molecule has 2 aromatic carbocycles. The number of H-pyrrole nitrogens is 1. The van der Waals surface area contributed by atoms with Gasteiger partial charge in [-0.05, 0) is 12.1 Å². The Balaban J connectivity index is 1.60. The minimum Gasteiger partial charge on any atom is -0.326 e. The number of anilines is 2. The Labute approximate surface area is 169 Å². The molecule has 3 rings (SSSR count). The zero-order valence-electron chi connectivity index (χ0n) is 15.1. The molecule has 138 valence electrons. The molecule has 0 fully saturated rings. The van der Waals surface area contributed by atoms with Crippen molar-refractivity contribution in [1.29, 1.82) is 0 Å². The van der Waals surface area contributed by atoms with Crippen LogP contribution >= 0.6 is 24.4 Å². The van der Waals surface area contributed by atoms with Crippen LogP contribution in [0.1, 0.15) is 11.1 Å². The second-order valence-electron chi connectivity index (χ2n) is 5.97. The molecule has 3 aromatic rings. The molecule has 0 bridgehead atoms. The summed E-state index contributed by atoms with van der Waals surface area (Å²) in [6.07, 6.45) is 0. The van der Waals surface area contributed by atoms with Crippen molar-refractivity contribution in [3.05, 3.63) is 83.9 Å². The number of nitrogens with one attached hydrogen (secondary N) is 3. The summed E-state index contributed by atoms with van der Waals surface area (Å²) in [5.74, 6) is 1.63. The first-order chi connectivity index (χ1) is 13.0. The number of hydrogen-bond acceptors (Lipinski definition) is 4. The number of hydrazine groups is 2. The second kappa shape index (κ2) is 8.66. The van der Waals surface area contributed by atoms with Crippen LogP contribution in [-0.4, -0.2) is 39.1 Å². The zero-order valence-corrected chi connectivity index (χ0v) is 16.8. The molecule has 0 aliphatic carbocycles. The second-order valence-corrected chi connectivity index (χ2v) is 6.74. The first kappa shape index (κ1) is 18.9. The van der Waals surface area contributed by atoms with Gasteiger partial charge in [-0.1, -0.05) is 85.1 Å². The van der Waals surface area contributed by atoms with Crippen LogP contribution in [-0.2, 0) is 0 Å². The fourth-order valence-corrected chi connectivity index (χ4v) is 2.90. The van der Waals surface area contributed by atoms with E-state index in [9.17, 15) is 0 Å². The molecule has 0 aliphatic heterocycles. The molecular formula is C20H21N5S2. The molecule has 1 aromatic heterocycles. The van der Waals surface area contributed by atoms with Gasteiger partial charge in [-0.3, -0.25) is 20.9 Å². The lowest BCUT2D eigenvalue weighted by Gasteiger charge is -2.22. The lowest BCUT2D eigenvalue weighted by atomic mass is 10.2. The molecule has 27 heavy (non-hydrogen) atoms. The van der Waals surface area contributed by atoms with Crippen LogP contribution in [0.25, 0.3) is 0 Å². The highest BCUT2D eigenvalue weighted by molar-refractivity contribution is 7.80. The number of aromatic amines is 1. The summed E-state index contributed by atoms with van der Waals surface area (Å²) in [5, 5.41) is 3.61. The van der Waals surface area contributed by atoms with Crippen LogP contribution < -0.4 is 10.9 Å². The lowest BCUT2D eigenvalue weighted by Crippen LogP contribution is -2.32. The minimum absolute atomic E-state index is 0.710. The van der Waals surface area contributed by atoms with E-state index in [2.05, 4.69) is 15.8 Å². The highest BCUT2D eigenvalue weighted by atomic mass is 32.1. The van der Waals surface area contributed by atoms with Gasteiger partial charge in [0.1, 0.15) is 21.6 Å². The standard InChI is InChI=1S/C20H21N5S2/c1-24(19(26)15-9-5-3-6-10-15)22-17-13-14-18(21-17)23-25(2)20(27)16-11-7-4-8-12-16/h3-14,21-23H,1-2H3. The van der Waals surface area contributed by atoms with Gasteiger partial charge in [0.25, 0.3) is 0 Å². The molecule has 0 amide bonds. The topological polar surface area (TPSA) is 46.3 Å². The predicted octanol–water partition coefficient (Wildman–Crippen LogP) is 4.28. The van der Waals surface area contributed by atoms with Gasteiger partial charge in [0.15, 0.2) is 0 Å². The number of nitrogens with zero attached hydrogens (tertiary/aromatic N) is 2. The van der Waals surface area contributed by atoms with Crippen molar-refractivity contribution in [3.8, 4) is 0 Å². The van der Waals surface area contributed by atoms with Crippen LogP contribution in [0.5, 0.6) is 0 Å². The average molecular weight is 396 g/mol. The molecule has 0 unspecified atom stereocenters. The number of thiocarbonyl (C=S) groups is 2. The molecule has 0 radical (unpaired) electrons. The highest BCUT2D eigenvalue weighted by Crippen LogP contribution is 2.15. The van der Waals surface area contributed by atoms with E-state index < -0.39 is 0 Å². The van der Waals surface area contributed by atoms with Crippen molar-refractivity contribution in [3.63, 3.8) is 0 Å². The van der Waals surface area contributed by atoms with Crippen LogP contribution in [0.2, 0.25) is 0 Å². The molecule has 0 aliphatic rings. The predicted molar refractivity (Wildman–Crippen MR) is 120 cm³/mol. The number of rotatable bonds is 6. The third-order valence-corrected chi connectivity index (χ3v) is 4.93. The zero-order chi connectivity index (χ0) is 19.2.